The van der Waals surface area contributed by atoms with Crippen LogP contribution in [-0.2, 0) is 14.3 Å². The number of ether oxygens (including phenoxy) is 2. The maximum Gasteiger partial charge on any atom is 0.248 e. The molecule has 1 atom stereocenters. The minimum absolute atomic E-state index is 0.00190. The van der Waals surface area contributed by atoms with Crippen molar-refractivity contribution >= 4 is 5.91 Å². The van der Waals surface area contributed by atoms with E-state index in [0.717, 1.165) is 13.0 Å². The molecule has 0 radical (unpaired) electrons. The lowest BCUT2D eigenvalue weighted by molar-refractivity contribution is -0.135. The number of carbonyl (C=O) groups excluding carboxylic acids is 1. The highest BCUT2D eigenvalue weighted by Crippen LogP contribution is 2.15. The largest absolute Gasteiger partial charge is 0.396 e. The number of amides is 1. The van der Waals surface area contributed by atoms with Crippen LogP contribution in [0.3, 0.4) is 0 Å². The van der Waals surface area contributed by atoms with Gasteiger partial charge in [0.15, 0.2) is 0 Å². The fourth-order valence-electron chi connectivity index (χ4n) is 1.60. The molecule has 1 fully saturated rings. The van der Waals surface area contributed by atoms with E-state index < -0.39 is 0 Å². The third kappa shape index (κ3) is 4.15. The Bertz CT molecular complexity index is 198. The third-order valence-corrected chi connectivity index (χ3v) is 2.55. The van der Waals surface area contributed by atoms with E-state index in [0.29, 0.717) is 19.8 Å². The number of methoxy groups -OCH3 is 1. The molecule has 88 valence electrons. The van der Waals surface area contributed by atoms with Crippen molar-refractivity contribution in [1.29, 1.82) is 0 Å². The monoisotopic (exact) mass is 217 g/mol. The average molecular weight is 217 g/mol. The van der Waals surface area contributed by atoms with E-state index in [4.69, 9.17) is 14.6 Å². The van der Waals surface area contributed by atoms with Crippen LogP contribution in [0, 0.1) is 5.92 Å². The van der Waals surface area contributed by atoms with E-state index >= 15 is 0 Å². The molecule has 5 nitrogen and oxygen atoms in total. The number of hydrogen-bond acceptors (Lipinski definition) is 4. The second kappa shape index (κ2) is 6.76. The van der Waals surface area contributed by atoms with Crippen LogP contribution in [0.1, 0.15) is 6.42 Å². The van der Waals surface area contributed by atoms with Gasteiger partial charge in [0, 0.05) is 32.7 Å². The van der Waals surface area contributed by atoms with Crippen LogP contribution in [0.4, 0.5) is 0 Å². The van der Waals surface area contributed by atoms with Gasteiger partial charge in [-0.15, -0.1) is 0 Å². The first-order chi connectivity index (χ1) is 7.27. The molecule has 0 saturated carbocycles. The van der Waals surface area contributed by atoms with Gasteiger partial charge in [-0.2, -0.15) is 0 Å². The normalized spacial score (nSPS) is 20.9. The van der Waals surface area contributed by atoms with Gasteiger partial charge >= 0.3 is 0 Å². The first-order valence-corrected chi connectivity index (χ1v) is 5.23. The van der Waals surface area contributed by atoms with E-state index in [1.807, 2.05) is 0 Å². The average Bonchev–Trinajstić information content (AvgIpc) is 2.72. The summed E-state index contributed by atoms with van der Waals surface area (Å²) in [6.07, 6.45) is 0.889. The summed E-state index contributed by atoms with van der Waals surface area (Å²) in [6.45, 7) is 2.61. The predicted octanol–water partition coefficient (Wildman–Crippen LogP) is -0.510. The quantitative estimate of drug-likeness (QED) is 0.609. The molecule has 1 heterocycles. The molecule has 5 heteroatoms. The van der Waals surface area contributed by atoms with Gasteiger partial charge in [0.1, 0.15) is 6.61 Å². The molecule has 1 aliphatic rings. The van der Waals surface area contributed by atoms with Gasteiger partial charge in [-0.1, -0.05) is 0 Å². The number of aliphatic hydroxyl groups is 1. The molecular weight excluding hydrogens is 198 g/mol. The molecule has 0 spiro atoms. The molecule has 0 aliphatic carbocycles. The van der Waals surface area contributed by atoms with Crippen LogP contribution in [0.15, 0.2) is 0 Å². The Labute approximate surface area is 90.0 Å². The van der Waals surface area contributed by atoms with E-state index in [1.54, 1.807) is 12.0 Å². The Balaban J connectivity index is 2.12. The Morgan fingerprint density at radius 2 is 2.33 bits per heavy atom. The summed E-state index contributed by atoms with van der Waals surface area (Å²) in [7, 11) is 1.59. The molecule has 15 heavy (non-hydrogen) atoms. The molecule has 1 N–H and O–H groups in total. The topological polar surface area (TPSA) is 59.0 Å². The van der Waals surface area contributed by atoms with E-state index in [-0.39, 0.29) is 25.0 Å². The van der Waals surface area contributed by atoms with Crippen LogP contribution >= 0.6 is 0 Å². The minimum Gasteiger partial charge on any atom is -0.396 e. The Hall–Kier alpha value is -0.650. The van der Waals surface area contributed by atoms with Gasteiger partial charge in [-0.25, -0.2) is 0 Å². The summed E-state index contributed by atoms with van der Waals surface area (Å²) in [4.78, 5) is 13.3. The van der Waals surface area contributed by atoms with Crippen molar-refractivity contribution in [3.05, 3.63) is 0 Å². The molecule has 1 aliphatic heterocycles. The van der Waals surface area contributed by atoms with Crippen molar-refractivity contribution in [3.63, 3.8) is 0 Å². The number of rotatable bonds is 6. The van der Waals surface area contributed by atoms with Crippen LogP contribution in [-0.4, -0.2) is 62.5 Å². The zero-order valence-electron chi connectivity index (χ0n) is 9.15. The van der Waals surface area contributed by atoms with Gasteiger partial charge < -0.3 is 19.5 Å². The number of likely N-dealkylation sites (tertiary alicyclic amines) is 1. The summed E-state index contributed by atoms with van der Waals surface area (Å²) < 4.78 is 9.94. The standard InChI is InChI=1S/C10H19NO4/c1-14-4-5-15-8-10(13)11-3-2-9(6-11)7-12/h9,12H,2-8H2,1H3. The molecule has 1 amide bonds. The molecular formula is C10H19NO4. The van der Waals surface area contributed by atoms with Crippen molar-refractivity contribution in [1.82, 2.24) is 4.90 Å². The molecule has 1 saturated heterocycles. The summed E-state index contributed by atoms with van der Waals surface area (Å²) >= 11 is 0. The Kier molecular flexibility index (Phi) is 5.60. The summed E-state index contributed by atoms with van der Waals surface area (Å²) in [6, 6.07) is 0. The van der Waals surface area contributed by atoms with Gasteiger partial charge in [0.25, 0.3) is 0 Å². The van der Waals surface area contributed by atoms with Crippen LogP contribution in [0.25, 0.3) is 0 Å². The smallest absolute Gasteiger partial charge is 0.248 e. The molecule has 1 unspecified atom stereocenters. The second-order valence-electron chi connectivity index (χ2n) is 3.72. The minimum atomic E-state index is 0.00190. The Morgan fingerprint density at radius 3 is 2.93 bits per heavy atom. The second-order valence-corrected chi connectivity index (χ2v) is 3.72. The molecule has 0 aromatic heterocycles. The number of aliphatic hydroxyl groups excluding tert-OH is 1. The maximum atomic E-state index is 11.5. The highest BCUT2D eigenvalue weighted by Gasteiger charge is 2.25. The summed E-state index contributed by atoms with van der Waals surface area (Å²) in [5.41, 5.74) is 0. The van der Waals surface area contributed by atoms with E-state index in [9.17, 15) is 4.79 Å². The fourth-order valence-corrected chi connectivity index (χ4v) is 1.60. The first-order valence-electron chi connectivity index (χ1n) is 5.23. The number of carbonyl (C=O) groups is 1. The zero-order valence-corrected chi connectivity index (χ0v) is 9.15. The van der Waals surface area contributed by atoms with Gasteiger partial charge in [0.05, 0.1) is 13.2 Å². The van der Waals surface area contributed by atoms with Crippen molar-refractivity contribution < 1.29 is 19.4 Å². The van der Waals surface area contributed by atoms with Crippen LogP contribution in [0.5, 0.6) is 0 Å². The zero-order chi connectivity index (χ0) is 11.1. The molecule has 0 aromatic carbocycles. The predicted molar refractivity (Wildman–Crippen MR) is 54.5 cm³/mol. The highest BCUT2D eigenvalue weighted by molar-refractivity contribution is 5.77. The lowest BCUT2D eigenvalue weighted by atomic mass is 10.1. The Morgan fingerprint density at radius 1 is 1.53 bits per heavy atom. The van der Waals surface area contributed by atoms with E-state index in [1.165, 1.54) is 0 Å². The molecule has 1 rings (SSSR count). The van der Waals surface area contributed by atoms with Crippen LogP contribution < -0.4 is 0 Å². The van der Waals surface area contributed by atoms with E-state index in [2.05, 4.69) is 0 Å². The van der Waals surface area contributed by atoms with Crippen molar-refractivity contribution in [3.8, 4) is 0 Å². The van der Waals surface area contributed by atoms with Crippen molar-refractivity contribution in [2.24, 2.45) is 5.92 Å². The molecule has 0 aromatic rings. The third-order valence-electron chi connectivity index (χ3n) is 2.55. The highest BCUT2D eigenvalue weighted by atomic mass is 16.5. The maximum absolute atomic E-state index is 11.5. The van der Waals surface area contributed by atoms with Gasteiger partial charge in [-0.05, 0) is 6.42 Å². The summed E-state index contributed by atoms with van der Waals surface area (Å²) in [5.74, 6) is 0.245. The van der Waals surface area contributed by atoms with Crippen molar-refractivity contribution in [2.45, 2.75) is 6.42 Å². The van der Waals surface area contributed by atoms with Crippen molar-refractivity contribution in [2.75, 3.05) is 46.6 Å². The summed E-state index contributed by atoms with van der Waals surface area (Å²) in [5, 5.41) is 8.93. The van der Waals surface area contributed by atoms with Gasteiger partial charge in [0.2, 0.25) is 5.91 Å². The lowest BCUT2D eigenvalue weighted by Gasteiger charge is -2.15. The van der Waals surface area contributed by atoms with Gasteiger partial charge in [-0.3, -0.25) is 4.79 Å². The SMILES string of the molecule is COCCOCC(=O)N1CCC(CO)C1. The number of hydrogen-bond donors (Lipinski definition) is 1. The fraction of sp³-hybridized carbons (Fsp3) is 0.900. The molecule has 0 bridgehead atoms. The first kappa shape index (κ1) is 12.4. The van der Waals surface area contributed by atoms with Crippen LogP contribution in [0.2, 0.25) is 0 Å². The number of nitrogens with zero attached hydrogens (tertiary/aromatic N) is 1. The lowest BCUT2D eigenvalue weighted by Crippen LogP contribution is -2.32.